The molecule has 4 bridgehead atoms. The summed E-state index contributed by atoms with van der Waals surface area (Å²) < 4.78 is 29.3. The van der Waals surface area contributed by atoms with Crippen molar-refractivity contribution in [3.63, 3.8) is 0 Å². The summed E-state index contributed by atoms with van der Waals surface area (Å²) in [6.45, 7) is 7.51. The zero-order valence-corrected chi connectivity index (χ0v) is 36.5. The number of alkyl carbamates (subject to hydrolysis) is 1. The number of anilines is 1. The monoisotopic (exact) mass is 850 g/mol. The minimum absolute atomic E-state index is 0.0274. The number of carbonyl (C=O) groups excluding carboxylic acids is 5. The predicted molar refractivity (Wildman–Crippen MR) is 221 cm³/mol. The van der Waals surface area contributed by atoms with Gasteiger partial charge in [-0.2, -0.15) is 11.8 Å². The van der Waals surface area contributed by atoms with Crippen LogP contribution in [-0.2, 0) is 44.5 Å². The molecule has 3 heterocycles. The van der Waals surface area contributed by atoms with E-state index >= 15 is 0 Å². The number of epoxide rings is 1. The maximum Gasteiger partial charge on any atom is 0.409 e. The van der Waals surface area contributed by atoms with E-state index in [2.05, 4.69) is 10.6 Å². The third-order valence-corrected chi connectivity index (χ3v) is 12.1. The van der Waals surface area contributed by atoms with Gasteiger partial charge in [0, 0.05) is 46.5 Å². The highest BCUT2D eigenvalue weighted by Crippen LogP contribution is 2.49. The van der Waals surface area contributed by atoms with Crippen LogP contribution in [0, 0.1) is 5.92 Å². The first kappa shape index (κ1) is 46.9. The molecular weight excluding hydrogens is 792 g/mol. The largest absolute Gasteiger partial charge is 0.495 e. The van der Waals surface area contributed by atoms with E-state index in [9.17, 15) is 29.1 Å². The average Bonchev–Trinajstić information content (AvgIpc) is 3.88. The van der Waals surface area contributed by atoms with E-state index in [1.54, 1.807) is 52.1 Å². The molecule has 0 aromatic heterocycles. The van der Waals surface area contributed by atoms with E-state index in [1.807, 2.05) is 19.3 Å². The van der Waals surface area contributed by atoms with Gasteiger partial charge >= 0.3 is 12.1 Å². The molecule has 1 aromatic carbocycles. The molecule has 2 fully saturated rings. The second kappa shape index (κ2) is 20.4. The predicted octanol–water partition coefficient (Wildman–Crippen LogP) is 4.55. The number of methoxy groups -OCH3 is 2. The molecule has 17 heteroatoms. The van der Waals surface area contributed by atoms with Crippen molar-refractivity contribution in [3.8, 4) is 5.75 Å². The van der Waals surface area contributed by atoms with Crippen molar-refractivity contribution >= 4 is 58.8 Å². The lowest BCUT2D eigenvalue weighted by molar-refractivity contribution is -0.162. The summed E-state index contributed by atoms with van der Waals surface area (Å²) in [4.78, 5) is 68.5. The number of unbranched alkanes of at least 4 members (excludes halogenated alkanes) is 2. The van der Waals surface area contributed by atoms with Gasteiger partial charge in [-0.3, -0.25) is 19.7 Å². The summed E-state index contributed by atoms with van der Waals surface area (Å²) in [7, 11) is 6.01. The number of hydrogen-bond acceptors (Lipinski definition) is 12. The minimum atomic E-state index is -1.84. The normalized spacial score (nSPS) is 29.4. The van der Waals surface area contributed by atoms with Crippen LogP contribution in [0.5, 0.6) is 5.75 Å². The van der Waals surface area contributed by atoms with Crippen molar-refractivity contribution in [1.29, 1.82) is 0 Å². The zero-order chi connectivity index (χ0) is 42.9. The van der Waals surface area contributed by atoms with Gasteiger partial charge in [-0.1, -0.05) is 48.7 Å². The van der Waals surface area contributed by atoms with Crippen LogP contribution in [0.2, 0.25) is 5.02 Å². The molecule has 1 aromatic rings. The standard InChI is InChI=1S/C41H59ClN4O11S/c1-24-14-13-15-31(54-8)41(52)22-30(55-39(51)44-41)25(2)37-40(4,57-37)32(21-35(49)46(6)28-19-27(18-24)20-29(53-7)36(28)42)56-38(50)26(3)45(5)34(48)16-11-10-12-17-43-33(47)23-58-9/h13-15,19-20,25-26,30-32,37,52H,10-12,16-18,21-23H2,1-9H3,(H,43,47)(H,44,51)/b15-13+,24-14+/t25-,26+,30?,31-,32+,37+,40?,41+/m1/s1. The topological polar surface area (TPSA) is 186 Å². The van der Waals surface area contributed by atoms with E-state index in [0.717, 1.165) is 17.6 Å². The van der Waals surface area contributed by atoms with Crippen LogP contribution in [0.3, 0.4) is 0 Å². The lowest BCUT2D eigenvalue weighted by Gasteiger charge is -2.42. The molecule has 3 N–H and O–H groups in total. The van der Waals surface area contributed by atoms with Crippen molar-refractivity contribution in [3.05, 3.63) is 46.5 Å². The lowest BCUT2D eigenvalue weighted by atomic mass is 9.83. The Balaban J connectivity index is 1.61. The summed E-state index contributed by atoms with van der Waals surface area (Å²) in [5.74, 6) is -1.25. The third kappa shape index (κ3) is 11.5. The Labute approximate surface area is 350 Å². The number of hydrogen-bond donors (Lipinski definition) is 3. The fraction of sp³-hybridized carbons (Fsp3) is 0.634. The second-order valence-electron chi connectivity index (χ2n) is 15.5. The number of amides is 4. The van der Waals surface area contributed by atoms with Crippen LogP contribution in [0.25, 0.3) is 0 Å². The highest BCUT2D eigenvalue weighted by Gasteiger charge is 2.64. The molecule has 3 aliphatic rings. The number of ether oxygens (including phenoxy) is 5. The van der Waals surface area contributed by atoms with E-state index in [4.69, 9.17) is 35.3 Å². The van der Waals surface area contributed by atoms with Crippen molar-refractivity contribution in [2.75, 3.05) is 51.8 Å². The highest BCUT2D eigenvalue weighted by molar-refractivity contribution is 7.99. The molecule has 4 rings (SSSR count). The van der Waals surface area contributed by atoms with Gasteiger partial charge in [0.05, 0.1) is 31.1 Å². The first-order valence-corrected chi connectivity index (χ1v) is 21.3. The maximum atomic E-state index is 14.2. The van der Waals surface area contributed by atoms with Gasteiger partial charge in [0.1, 0.15) is 40.7 Å². The molecule has 322 valence electrons. The molecular formula is C41H59ClN4O11S. The van der Waals surface area contributed by atoms with Crippen LogP contribution in [0.1, 0.15) is 71.8 Å². The highest BCUT2D eigenvalue weighted by atomic mass is 35.5. The Hall–Kier alpha value is -3.83. The summed E-state index contributed by atoms with van der Waals surface area (Å²) in [6.07, 6.45) is 4.88. The number of aliphatic hydroxyl groups is 1. The fourth-order valence-corrected chi connectivity index (χ4v) is 8.06. The van der Waals surface area contributed by atoms with Crippen LogP contribution in [0.4, 0.5) is 10.5 Å². The number of halogens is 1. The lowest BCUT2D eigenvalue weighted by Crippen LogP contribution is -2.63. The summed E-state index contributed by atoms with van der Waals surface area (Å²) in [6, 6.07) is 2.57. The smallest absolute Gasteiger partial charge is 0.409 e. The first-order valence-electron chi connectivity index (χ1n) is 19.5. The third-order valence-electron chi connectivity index (χ3n) is 11.2. The number of esters is 1. The van der Waals surface area contributed by atoms with Crippen LogP contribution in [-0.4, -0.2) is 128 Å². The van der Waals surface area contributed by atoms with Gasteiger partial charge in [0.2, 0.25) is 17.7 Å². The molecule has 0 spiro atoms. The molecule has 2 saturated heterocycles. The molecule has 15 nitrogen and oxygen atoms in total. The Bertz CT molecular complexity index is 1740. The SMILES string of the molecule is COc1cc2cc(c1Cl)N(C)C(=O)C[C@H](OC(=O)[C@H](C)N(C)C(=O)CCCCCNC(=O)CSC)C1(C)O[C@H]1[C@H](C)C1C[C@@](O)(NC(=O)O1)[C@H](OC)/C=C/C=C(\C)C2. The zero-order valence-electron chi connectivity index (χ0n) is 34.9. The molecule has 0 radical (unpaired) electrons. The Morgan fingerprint density at radius 3 is 2.60 bits per heavy atom. The maximum absolute atomic E-state index is 14.2. The van der Waals surface area contributed by atoms with Crippen LogP contribution >= 0.6 is 23.4 Å². The Morgan fingerprint density at radius 2 is 1.93 bits per heavy atom. The van der Waals surface area contributed by atoms with Gasteiger partial charge in [-0.05, 0) is 64.0 Å². The molecule has 4 amide bonds. The summed E-state index contributed by atoms with van der Waals surface area (Å²) in [5.41, 5.74) is -0.971. The molecule has 3 aliphatic heterocycles. The molecule has 8 atom stereocenters. The summed E-state index contributed by atoms with van der Waals surface area (Å²) >= 11 is 8.22. The Kier molecular flexibility index (Phi) is 16.5. The number of fused-ring (bicyclic) bond motifs is 5. The number of nitrogens with zero attached hydrogens (tertiary/aromatic N) is 2. The minimum Gasteiger partial charge on any atom is -0.495 e. The van der Waals surface area contributed by atoms with E-state index in [-0.39, 0.29) is 36.1 Å². The van der Waals surface area contributed by atoms with Crippen molar-refractivity contribution in [2.24, 2.45) is 5.92 Å². The number of thioether (sulfide) groups is 1. The molecule has 58 heavy (non-hydrogen) atoms. The molecule has 0 aliphatic carbocycles. The van der Waals surface area contributed by atoms with E-state index in [1.165, 1.54) is 42.8 Å². The van der Waals surface area contributed by atoms with E-state index < -0.39 is 65.7 Å². The fourth-order valence-electron chi connectivity index (χ4n) is 7.38. The number of allylic oxidation sites excluding steroid dienone is 3. The quantitative estimate of drug-likeness (QED) is 0.143. The van der Waals surface area contributed by atoms with Crippen LogP contribution < -0.4 is 20.3 Å². The number of nitrogens with one attached hydrogen (secondary N) is 2. The number of carbonyl (C=O) groups is 5. The Morgan fingerprint density at radius 1 is 1.21 bits per heavy atom. The van der Waals surface area contributed by atoms with Gasteiger partial charge in [0.15, 0.2) is 5.72 Å². The first-order chi connectivity index (χ1) is 27.4. The number of likely N-dealkylation sites (N-methyl/N-ethyl adjacent to an activating group) is 1. The summed E-state index contributed by atoms with van der Waals surface area (Å²) in [5, 5.41) is 17.3. The molecule has 2 unspecified atom stereocenters. The van der Waals surface area contributed by atoms with E-state index in [0.29, 0.717) is 43.0 Å². The van der Waals surface area contributed by atoms with Gasteiger partial charge in [0.25, 0.3) is 0 Å². The van der Waals surface area contributed by atoms with Gasteiger partial charge < -0.3 is 43.9 Å². The van der Waals surface area contributed by atoms with Crippen molar-refractivity contribution < 1.29 is 52.8 Å². The number of rotatable bonds is 13. The van der Waals surface area contributed by atoms with Crippen LogP contribution in [0.15, 0.2) is 35.9 Å². The number of benzene rings is 1. The van der Waals surface area contributed by atoms with Crippen molar-refractivity contribution in [1.82, 2.24) is 15.5 Å². The molecule has 0 saturated carbocycles. The van der Waals surface area contributed by atoms with Crippen molar-refractivity contribution in [2.45, 2.75) is 114 Å². The van der Waals surface area contributed by atoms with Gasteiger partial charge in [-0.25, -0.2) is 9.59 Å². The van der Waals surface area contributed by atoms with Gasteiger partial charge in [-0.15, -0.1) is 0 Å². The second-order valence-corrected chi connectivity index (χ2v) is 16.7. The average molecular weight is 851 g/mol.